The van der Waals surface area contributed by atoms with E-state index in [1.807, 2.05) is 29.3 Å². The van der Waals surface area contributed by atoms with Crippen LogP contribution in [0.25, 0.3) is 11.0 Å². The Labute approximate surface area is 190 Å². The lowest BCUT2D eigenvalue weighted by atomic mass is 9.72. The second-order valence-electron chi connectivity index (χ2n) is 8.18. The molecule has 0 atom stereocenters. The molecular weight excluding hydrogens is 435 g/mol. The first-order chi connectivity index (χ1) is 15.1. The summed E-state index contributed by atoms with van der Waals surface area (Å²) in [6.07, 6.45) is 4.96. The molecule has 5 rings (SSSR count). The third kappa shape index (κ3) is 3.64. The predicted octanol–water partition coefficient (Wildman–Crippen LogP) is 3.23. The molecule has 2 saturated heterocycles. The molecule has 2 aliphatic rings. The van der Waals surface area contributed by atoms with Crippen LogP contribution < -0.4 is 10.2 Å². The van der Waals surface area contributed by atoms with Crippen LogP contribution in [0.15, 0.2) is 36.8 Å². The lowest BCUT2D eigenvalue weighted by Gasteiger charge is -2.43. The van der Waals surface area contributed by atoms with Gasteiger partial charge >= 0.3 is 0 Å². The number of rotatable bonds is 3. The summed E-state index contributed by atoms with van der Waals surface area (Å²) in [5.41, 5.74) is 1.22. The average molecular weight is 459 g/mol. The van der Waals surface area contributed by atoms with Gasteiger partial charge in [-0.3, -0.25) is 4.79 Å². The number of hydrogen-bond acceptors (Lipinski definition) is 5. The van der Waals surface area contributed by atoms with Crippen LogP contribution in [0, 0.1) is 0 Å². The van der Waals surface area contributed by atoms with Crippen molar-refractivity contribution in [2.75, 3.05) is 44.2 Å². The number of carbonyl (C=O) groups excluding carboxylic acids is 1. The number of hydrogen-bond donors (Lipinski definition) is 2. The SMILES string of the molecule is O=C(N1CCN(c2ncnc3[nH]ccc23)CC1)C1(c2ccc(Cl)c(Cl)c2)CCNCC1. The van der Waals surface area contributed by atoms with E-state index < -0.39 is 5.41 Å². The van der Waals surface area contributed by atoms with Crippen molar-refractivity contribution < 1.29 is 4.79 Å². The van der Waals surface area contributed by atoms with E-state index in [4.69, 9.17) is 23.2 Å². The molecule has 1 aromatic carbocycles. The molecule has 2 aromatic heterocycles. The molecule has 0 spiro atoms. The first-order valence-electron chi connectivity index (χ1n) is 10.6. The van der Waals surface area contributed by atoms with Crippen LogP contribution in [-0.2, 0) is 10.2 Å². The van der Waals surface area contributed by atoms with Crippen molar-refractivity contribution in [2.45, 2.75) is 18.3 Å². The number of piperidine rings is 1. The third-order valence-corrected chi connectivity index (χ3v) is 7.28. The minimum Gasteiger partial charge on any atom is -0.352 e. The fourth-order valence-electron chi connectivity index (χ4n) is 4.81. The molecule has 2 N–H and O–H groups in total. The Balaban J connectivity index is 1.37. The van der Waals surface area contributed by atoms with Crippen molar-refractivity contribution in [3.63, 3.8) is 0 Å². The Morgan fingerprint density at radius 1 is 1.00 bits per heavy atom. The summed E-state index contributed by atoms with van der Waals surface area (Å²) in [4.78, 5) is 30.0. The van der Waals surface area contributed by atoms with Crippen molar-refractivity contribution in [1.82, 2.24) is 25.2 Å². The Morgan fingerprint density at radius 2 is 1.77 bits per heavy atom. The number of H-pyrrole nitrogens is 1. The number of carbonyl (C=O) groups is 1. The number of aromatic nitrogens is 3. The number of nitrogens with zero attached hydrogens (tertiary/aromatic N) is 4. The Bertz CT molecular complexity index is 1100. The van der Waals surface area contributed by atoms with Crippen LogP contribution >= 0.6 is 23.2 Å². The van der Waals surface area contributed by atoms with Gasteiger partial charge in [-0.15, -0.1) is 0 Å². The van der Waals surface area contributed by atoms with Gasteiger partial charge in [0.2, 0.25) is 5.91 Å². The minimum atomic E-state index is -0.565. The second kappa shape index (κ2) is 8.30. The number of nitrogens with one attached hydrogen (secondary N) is 2. The summed E-state index contributed by atoms with van der Waals surface area (Å²) in [7, 11) is 0. The molecule has 2 fully saturated rings. The zero-order valence-corrected chi connectivity index (χ0v) is 18.6. The summed E-state index contributed by atoms with van der Waals surface area (Å²) in [6.45, 7) is 4.39. The first-order valence-corrected chi connectivity index (χ1v) is 11.3. The molecule has 0 saturated carbocycles. The summed E-state index contributed by atoms with van der Waals surface area (Å²) < 4.78 is 0. The molecule has 0 radical (unpaired) electrons. The molecule has 2 aliphatic heterocycles. The number of amides is 1. The maximum Gasteiger partial charge on any atom is 0.233 e. The van der Waals surface area contributed by atoms with Gasteiger partial charge in [0.15, 0.2) is 0 Å². The smallest absolute Gasteiger partial charge is 0.233 e. The maximum absolute atomic E-state index is 13.9. The largest absolute Gasteiger partial charge is 0.352 e. The predicted molar refractivity (Wildman–Crippen MR) is 123 cm³/mol. The summed E-state index contributed by atoms with van der Waals surface area (Å²) >= 11 is 12.5. The van der Waals surface area contributed by atoms with Gasteiger partial charge in [0, 0.05) is 32.4 Å². The number of halogens is 2. The van der Waals surface area contributed by atoms with Gasteiger partial charge in [-0.1, -0.05) is 29.3 Å². The van der Waals surface area contributed by atoms with E-state index in [2.05, 4.69) is 25.2 Å². The minimum absolute atomic E-state index is 0.182. The van der Waals surface area contributed by atoms with E-state index in [-0.39, 0.29) is 5.91 Å². The topological polar surface area (TPSA) is 77.2 Å². The van der Waals surface area contributed by atoms with Crippen molar-refractivity contribution in [3.05, 3.63) is 52.4 Å². The van der Waals surface area contributed by atoms with Crippen molar-refractivity contribution in [1.29, 1.82) is 0 Å². The van der Waals surface area contributed by atoms with Gasteiger partial charge in [-0.05, 0) is 49.7 Å². The van der Waals surface area contributed by atoms with E-state index in [0.717, 1.165) is 61.4 Å². The lowest BCUT2D eigenvalue weighted by Crippen LogP contribution is -2.57. The molecule has 0 unspecified atom stereocenters. The number of piperazine rings is 1. The average Bonchev–Trinajstić information content (AvgIpc) is 3.30. The van der Waals surface area contributed by atoms with E-state index >= 15 is 0 Å². The Morgan fingerprint density at radius 3 is 2.52 bits per heavy atom. The molecule has 0 aliphatic carbocycles. The molecule has 31 heavy (non-hydrogen) atoms. The van der Waals surface area contributed by atoms with Gasteiger partial charge in [0.25, 0.3) is 0 Å². The lowest BCUT2D eigenvalue weighted by molar-refractivity contribution is -0.139. The normalized spacial score (nSPS) is 19.0. The molecule has 162 valence electrons. The van der Waals surface area contributed by atoms with Crippen molar-refractivity contribution >= 4 is 46.0 Å². The fourth-order valence-corrected chi connectivity index (χ4v) is 5.11. The molecule has 3 aromatic rings. The van der Waals surface area contributed by atoms with Gasteiger partial charge in [0.1, 0.15) is 17.8 Å². The van der Waals surface area contributed by atoms with E-state index in [1.165, 1.54) is 0 Å². The standard InChI is InChI=1S/C22H24Cl2N6O/c23-17-2-1-15(13-18(17)24)22(4-7-25-8-5-22)21(31)30-11-9-29(10-12-30)20-16-3-6-26-19(16)27-14-28-20/h1-3,6,13-14,25H,4-5,7-12H2,(H,26,27,28). The van der Waals surface area contributed by atoms with E-state index in [0.29, 0.717) is 23.1 Å². The Hall–Kier alpha value is -2.35. The van der Waals surface area contributed by atoms with Gasteiger partial charge < -0.3 is 20.1 Å². The molecule has 1 amide bonds. The highest BCUT2D eigenvalue weighted by Crippen LogP contribution is 2.38. The highest BCUT2D eigenvalue weighted by Gasteiger charge is 2.44. The zero-order valence-electron chi connectivity index (χ0n) is 17.1. The highest BCUT2D eigenvalue weighted by molar-refractivity contribution is 6.42. The first kappa shape index (κ1) is 20.5. The second-order valence-corrected chi connectivity index (χ2v) is 8.99. The fraction of sp³-hybridized carbons (Fsp3) is 0.409. The van der Waals surface area contributed by atoms with Crippen LogP contribution in [0.3, 0.4) is 0 Å². The zero-order chi connectivity index (χ0) is 21.4. The summed E-state index contributed by atoms with van der Waals surface area (Å²) in [5.74, 6) is 1.10. The van der Waals surface area contributed by atoms with Crippen molar-refractivity contribution in [3.8, 4) is 0 Å². The van der Waals surface area contributed by atoms with Crippen molar-refractivity contribution in [2.24, 2.45) is 0 Å². The number of aromatic amines is 1. The Kier molecular flexibility index (Phi) is 5.50. The number of fused-ring (bicyclic) bond motifs is 1. The maximum atomic E-state index is 13.9. The number of benzene rings is 1. The van der Waals surface area contributed by atoms with Crippen LogP contribution in [0.4, 0.5) is 5.82 Å². The third-order valence-electron chi connectivity index (χ3n) is 6.54. The van der Waals surface area contributed by atoms with Crippen LogP contribution in [0.1, 0.15) is 18.4 Å². The summed E-state index contributed by atoms with van der Waals surface area (Å²) in [6, 6.07) is 7.62. The van der Waals surface area contributed by atoms with Gasteiger partial charge in [0.05, 0.1) is 20.8 Å². The van der Waals surface area contributed by atoms with Crippen LogP contribution in [0.5, 0.6) is 0 Å². The monoisotopic (exact) mass is 458 g/mol. The molecule has 7 nitrogen and oxygen atoms in total. The number of anilines is 1. The molecule has 4 heterocycles. The highest BCUT2D eigenvalue weighted by atomic mass is 35.5. The van der Waals surface area contributed by atoms with Gasteiger partial charge in [-0.2, -0.15) is 0 Å². The van der Waals surface area contributed by atoms with Crippen LogP contribution in [-0.4, -0.2) is 65.0 Å². The van der Waals surface area contributed by atoms with E-state index in [9.17, 15) is 4.79 Å². The molecule has 9 heteroatoms. The quantitative estimate of drug-likeness (QED) is 0.629. The molecular formula is C22H24Cl2N6O. The summed E-state index contributed by atoms with van der Waals surface area (Å²) in [5, 5.41) is 5.39. The van der Waals surface area contributed by atoms with E-state index in [1.54, 1.807) is 12.4 Å². The van der Waals surface area contributed by atoms with Crippen LogP contribution in [0.2, 0.25) is 10.0 Å². The molecule has 0 bridgehead atoms. The van der Waals surface area contributed by atoms with Gasteiger partial charge in [-0.25, -0.2) is 9.97 Å².